The Kier molecular flexibility index (Phi) is 2.83. The maximum atomic E-state index is 6.14. The van der Waals surface area contributed by atoms with Crippen LogP contribution in [0.3, 0.4) is 0 Å². The first-order valence-electron chi connectivity index (χ1n) is 5.92. The molecule has 0 unspecified atom stereocenters. The van der Waals surface area contributed by atoms with Gasteiger partial charge < -0.3 is 5.73 Å². The fourth-order valence-corrected chi connectivity index (χ4v) is 2.45. The van der Waals surface area contributed by atoms with Crippen molar-refractivity contribution in [3.05, 3.63) is 35.4 Å². The largest absolute Gasteiger partial charge is 0.325 e. The van der Waals surface area contributed by atoms with Gasteiger partial charge in [0, 0.05) is 5.54 Å². The van der Waals surface area contributed by atoms with Gasteiger partial charge in [0.2, 0.25) is 0 Å². The summed E-state index contributed by atoms with van der Waals surface area (Å²) in [6.07, 6.45) is 4.81. The van der Waals surface area contributed by atoms with Crippen molar-refractivity contribution in [3.8, 4) is 0 Å². The number of hydrogen-bond acceptors (Lipinski definition) is 1. The first-order valence-corrected chi connectivity index (χ1v) is 5.92. The van der Waals surface area contributed by atoms with E-state index in [0.29, 0.717) is 0 Å². The van der Waals surface area contributed by atoms with Crippen molar-refractivity contribution in [1.82, 2.24) is 0 Å². The summed E-state index contributed by atoms with van der Waals surface area (Å²) >= 11 is 0. The summed E-state index contributed by atoms with van der Waals surface area (Å²) in [4.78, 5) is 0. The summed E-state index contributed by atoms with van der Waals surface area (Å²) in [5, 5.41) is 0. The van der Waals surface area contributed by atoms with E-state index in [1.165, 1.54) is 24.0 Å². The summed E-state index contributed by atoms with van der Waals surface area (Å²) in [6.45, 7) is 4.32. The molecule has 0 amide bonds. The van der Waals surface area contributed by atoms with E-state index in [2.05, 4.69) is 38.1 Å². The SMILES string of the molecule is Cc1ccc(C2CCC(C)(N)CC2)cc1. The molecule has 1 aromatic carbocycles. The predicted molar refractivity (Wildman–Crippen MR) is 65.0 cm³/mol. The predicted octanol–water partition coefficient (Wildman–Crippen LogP) is 3.37. The summed E-state index contributed by atoms with van der Waals surface area (Å²) in [5.74, 6) is 0.738. The summed E-state index contributed by atoms with van der Waals surface area (Å²) < 4.78 is 0. The van der Waals surface area contributed by atoms with E-state index in [4.69, 9.17) is 5.73 Å². The minimum atomic E-state index is 0.0845. The zero-order valence-electron chi connectivity index (χ0n) is 9.79. The Balaban J connectivity index is 2.04. The Labute approximate surface area is 92.7 Å². The molecule has 2 rings (SSSR count). The molecular formula is C14H21N. The van der Waals surface area contributed by atoms with Crippen molar-refractivity contribution < 1.29 is 0 Å². The molecule has 1 aromatic rings. The van der Waals surface area contributed by atoms with Crippen molar-refractivity contribution in [3.63, 3.8) is 0 Å². The second kappa shape index (κ2) is 3.97. The standard InChI is InChI=1S/C14H21N/c1-11-3-5-12(6-4-11)13-7-9-14(2,15)10-8-13/h3-6,13H,7-10,15H2,1-2H3. The van der Waals surface area contributed by atoms with Gasteiger partial charge in [-0.3, -0.25) is 0 Å². The molecule has 0 atom stereocenters. The Hall–Kier alpha value is -0.820. The van der Waals surface area contributed by atoms with Gasteiger partial charge in [-0.15, -0.1) is 0 Å². The molecule has 1 nitrogen and oxygen atoms in total. The minimum Gasteiger partial charge on any atom is -0.325 e. The monoisotopic (exact) mass is 203 g/mol. The summed E-state index contributed by atoms with van der Waals surface area (Å²) in [5.41, 5.74) is 9.07. The molecule has 0 saturated heterocycles. The van der Waals surface area contributed by atoms with Crippen molar-refractivity contribution in [1.29, 1.82) is 0 Å². The van der Waals surface area contributed by atoms with Crippen LogP contribution in [-0.2, 0) is 0 Å². The molecular weight excluding hydrogens is 182 g/mol. The number of benzene rings is 1. The van der Waals surface area contributed by atoms with Gasteiger partial charge >= 0.3 is 0 Å². The molecule has 0 aliphatic heterocycles. The maximum Gasteiger partial charge on any atom is 0.0126 e. The van der Waals surface area contributed by atoms with E-state index in [1.54, 1.807) is 0 Å². The lowest BCUT2D eigenvalue weighted by atomic mass is 9.75. The van der Waals surface area contributed by atoms with Crippen LogP contribution >= 0.6 is 0 Å². The van der Waals surface area contributed by atoms with Gasteiger partial charge in [0.1, 0.15) is 0 Å². The number of hydrogen-bond donors (Lipinski definition) is 1. The van der Waals surface area contributed by atoms with Crippen LogP contribution in [0, 0.1) is 6.92 Å². The van der Waals surface area contributed by atoms with Crippen molar-refractivity contribution in [2.45, 2.75) is 51.0 Å². The molecule has 0 heterocycles. The Morgan fingerprint density at radius 3 is 2.20 bits per heavy atom. The second-order valence-corrected chi connectivity index (χ2v) is 5.34. The lowest BCUT2D eigenvalue weighted by molar-refractivity contribution is 0.295. The lowest BCUT2D eigenvalue weighted by Gasteiger charge is -2.34. The molecule has 0 aromatic heterocycles. The molecule has 1 aliphatic rings. The van der Waals surface area contributed by atoms with Crippen molar-refractivity contribution in [2.24, 2.45) is 5.73 Å². The first kappa shape index (κ1) is 10.7. The second-order valence-electron chi connectivity index (χ2n) is 5.34. The van der Waals surface area contributed by atoms with E-state index in [0.717, 1.165) is 18.8 Å². The van der Waals surface area contributed by atoms with E-state index < -0.39 is 0 Å². The highest BCUT2D eigenvalue weighted by atomic mass is 14.7. The molecule has 2 N–H and O–H groups in total. The van der Waals surface area contributed by atoms with Crippen LogP contribution in [0.5, 0.6) is 0 Å². The smallest absolute Gasteiger partial charge is 0.0126 e. The third-order valence-electron chi connectivity index (χ3n) is 3.68. The van der Waals surface area contributed by atoms with Crippen LogP contribution in [0.15, 0.2) is 24.3 Å². The molecule has 0 bridgehead atoms. The number of nitrogens with two attached hydrogens (primary N) is 1. The molecule has 0 radical (unpaired) electrons. The average Bonchev–Trinajstić information content (AvgIpc) is 2.20. The molecule has 0 spiro atoms. The van der Waals surface area contributed by atoms with E-state index >= 15 is 0 Å². The van der Waals surface area contributed by atoms with Gasteiger partial charge in [0.15, 0.2) is 0 Å². The van der Waals surface area contributed by atoms with Crippen LogP contribution in [0.25, 0.3) is 0 Å². The van der Waals surface area contributed by atoms with Gasteiger partial charge in [-0.2, -0.15) is 0 Å². The zero-order valence-corrected chi connectivity index (χ0v) is 9.79. The summed E-state index contributed by atoms with van der Waals surface area (Å²) in [7, 11) is 0. The molecule has 15 heavy (non-hydrogen) atoms. The number of aryl methyl sites for hydroxylation is 1. The van der Waals surface area contributed by atoms with E-state index in [-0.39, 0.29) is 5.54 Å². The average molecular weight is 203 g/mol. The molecule has 1 fully saturated rings. The third kappa shape index (κ3) is 2.60. The van der Waals surface area contributed by atoms with Gasteiger partial charge in [0.25, 0.3) is 0 Å². The maximum absolute atomic E-state index is 6.14. The Bertz CT molecular complexity index is 314. The molecule has 1 heteroatoms. The van der Waals surface area contributed by atoms with Gasteiger partial charge in [-0.05, 0) is 51.0 Å². The van der Waals surface area contributed by atoms with Crippen LogP contribution < -0.4 is 5.73 Å². The Morgan fingerprint density at radius 2 is 1.67 bits per heavy atom. The van der Waals surface area contributed by atoms with Crippen LogP contribution in [0.2, 0.25) is 0 Å². The van der Waals surface area contributed by atoms with Crippen LogP contribution in [0.1, 0.15) is 49.7 Å². The molecule has 82 valence electrons. The quantitative estimate of drug-likeness (QED) is 0.744. The highest BCUT2D eigenvalue weighted by Crippen LogP contribution is 2.36. The van der Waals surface area contributed by atoms with Crippen LogP contribution in [0.4, 0.5) is 0 Å². The minimum absolute atomic E-state index is 0.0845. The molecule has 1 saturated carbocycles. The van der Waals surface area contributed by atoms with E-state index in [9.17, 15) is 0 Å². The summed E-state index contributed by atoms with van der Waals surface area (Å²) in [6, 6.07) is 8.98. The topological polar surface area (TPSA) is 26.0 Å². The highest BCUT2D eigenvalue weighted by molar-refractivity contribution is 5.25. The van der Waals surface area contributed by atoms with Crippen molar-refractivity contribution >= 4 is 0 Å². The first-order chi connectivity index (χ1) is 7.07. The molecule has 1 aliphatic carbocycles. The van der Waals surface area contributed by atoms with Gasteiger partial charge in [-0.1, -0.05) is 29.8 Å². The number of rotatable bonds is 1. The van der Waals surface area contributed by atoms with Gasteiger partial charge in [-0.25, -0.2) is 0 Å². The third-order valence-corrected chi connectivity index (χ3v) is 3.68. The lowest BCUT2D eigenvalue weighted by Crippen LogP contribution is -2.39. The zero-order chi connectivity index (χ0) is 10.9. The highest BCUT2D eigenvalue weighted by Gasteiger charge is 2.27. The Morgan fingerprint density at radius 1 is 1.13 bits per heavy atom. The van der Waals surface area contributed by atoms with Gasteiger partial charge in [0.05, 0.1) is 0 Å². The fourth-order valence-electron chi connectivity index (χ4n) is 2.45. The van der Waals surface area contributed by atoms with Crippen LogP contribution in [-0.4, -0.2) is 5.54 Å². The normalized spacial score (nSPS) is 31.5. The fraction of sp³-hybridized carbons (Fsp3) is 0.571. The van der Waals surface area contributed by atoms with Crippen molar-refractivity contribution in [2.75, 3.05) is 0 Å². The van der Waals surface area contributed by atoms with E-state index in [1.807, 2.05) is 0 Å².